The number of pyridine rings is 1. The summed E-state index contributed by atoms with van der Waals surface area (Å²) in [5.74, 6) is 1.34. The van der Waals surface area contributed by atoms with Gasteiger partial charge in [0.2, 0.25) is 0 Å². The van der Waals surface area contributed by atoms with E-state index in [4.69, 9.17) is 0 Å². The van der Waals surface area contributed by atoms with E-state index in [1.54, 1.807) is 0 Å². The van der Waals surface area contributed by atoms with Crippen LogP contribution in [-0.4, -0.2) is 35.1 Å². The molecule has 2 rings (SSSR count). The van der Waals surface area contributed by atoms with Crippen molar-refractivity contribution in [2.75, 3.05) is 13.1 Å². The lowest BCUT2D eigenvalue weighted by molar-refractivity contribution is 0.0772. The Morgan fingerprint density at radius 3 is 2.60 bits per heavy atom. The molecule has 1 aliphatic heterocycles. The van der Waals surface area contributed by atoms with Gasteiger partial charge in [-0.15, -0.1) is 0 Å². The first-order chi connectivity index (χ1) is 9.47. The number of aryl methyl sites for hydroxylation is 1. The van der Waals surface area contributed by atoms with Crippen LogP contribution in [0.15, 0.2) is 18.2 Å². The first-order valence-corrected chi connectivity index (χ1v) is 7.87. The molecule has 3 nitrogen and oxygen atoms in total. The molecule has 1 fully saturated rings. The highest BCUT2D eigenvalue weighted by Gasteiger charge is 2.31. The van der Waals surface area contributed by atoms with Gasteiger partial charge < -0.3 is 5.32 Å². The number of aromatic nitrogens is 1. The fourth-order valence-electron chi connectivity index (χ4n) is 3.04. The number of piperazine rings is 1. The summed E-state index contributed by atoms with van der Waals surface area (Å²) in [6.45, 7) is 14.5. The predicted octanol–water partition coefficient (Wildman–Crippen LogP) is 2.84. The van der Waals surface area contributed by atoms with Crippen LogP contribution in [-0.2, 0) is 6.54 Å². The van der Waals surface area contributed by atoms with Crippen LogP contribution in [0.4, 0.5) is 0 Å². The van der Waals surface area contributed by atoms with E-state index >= 15 is 0 Å². The zero-order valence-electron chi connectivity index (χ0n) is 13.6. The van der Waals surface area contributed by atoms with Crippen molar-refractivity contribution in [3.8, 4) is 0 Å². The summed E-state index contributed by atoms with van der Waals surface area (Å²) in [6, 6.07) is 7.53. The van der Waals surface area contributed by atoms with Crippen LogP contribution in [0, 0.1) is 18.8 Å². The Hall–Kier alpha value is -0.930. The van der Waals surface area contributed by atoms with Gasteiger partial charge in [-0.2, -0.15) is 0 Å². The first kappa shape index (κ1) is 15.5. The van der Waals surface area contributed by atoms with Gasteiger partial charge in [0, 0.05) is 37.4 Å². The number of nitrogens with one attached hydrogen (secondary N) is 1. The van der Waals surface area contributed by atoms with E-state index in [2.05, 4.69) is 68.0 Å². The molecule has 1 N–H and O–H groups in total. The molecular formula is C17H29N3. The van der Waals surface area contributed by atoms with Crippen molar-refractivity contribution >= 4 is 0 Å². The second kappa shape index (κ2) is 6.68. The summed E-state index contributed by atoms with van der Waals surface area (Å²) in [5, 5.41) is 3.72. The number of nitrogens with zero attached hydrogens (tertiary/aromatic N) is 2. The third-order valence-corrected chi connectivity index (χ3v) is 4.37. The average molecular weight is 275 g/mol. The Morgan fingerprint density at radius 2 is 2.00 bits per heavy atom. The van der Waals surface area contributed by atoms with Crippen LogP contribution in [0.25, 0.3) is 0 Å². The third-order valence-electron chi connectivity index (χ3n) is 4.37. The van der Waals surface area contributed by atoms with Crippen molar-refractivity contribution in [3.05, 3.63) is 29.6 Å². The smallest absolute Gasteiger partial charge is 0.0547 e. The molecule has 0 bridgehead atoms. The zero-order chi connectivity index (χ0) is 14.7. The Morgan fingerprint density at radius 1 is 1.25 bits per heavy atom. The lowest BCUT2D eigenvalue weighted by Gasteiger charge is -2.43. The second-order valence-corrected chi connectivity index (χ2v) is 6.77. The lowest BCUT2D eigenvalue weighted by atomic mass is 9.94. The molecule has 1 aliphatic rings. The van der Waals surface area contributed by atoms with Crippen LogP contribution in [0.1, 0.15) is 39.1 Å². The summed E-state index contributed by atoms with van der Waals surface area (Å²) >= 11 is 0. The maximum atomic E-state index is 4.67. The van der Waals surface area contributed by atoms with E-state index in [9.17, 15) is 0 Å². The number of rotatable bonds is 4. The maximum Gasteiger partial charge on any atom is 0.0547 e. The normalized spacial score (nSPS) is 24.6. The average Bonchev–Trinajstić information content (AvgIpc) is 2.38. The van der Waals surface area contributed by atoms with Gasteiger partial charge in [-0.05, 0) is 30.9 Å². The number of hydrogen-bond acceptors (Lipinski definition) is 3. The highest BCUT2D eigenvalue weighted by Crippen LogP contribution is 2.20. The van der Waals surface area contributed by atoms with Crippen LogP contribution < -0.4 is 5.32 Å². The Labute approximate surface area is 123 Å². The van der Waals surface area contributed by atoms with Crippen molar-refractivity contribution in [2.24, 2.45) is 11.8 Å². The first-order valence-electron chi connectivity index (χ1n) is 7.87. The second-order valence-electron chi connectivity index (χ2n) is 6.77. The molecule has 3 heteroatoms. The SMILES string of the molecule is Cc1cccc(CN2CC(C(C)C)NCC2C(C)C)n1. The number of hydrogen-bond donors (Lipinski definition) is 1. The summed E-state index contributed by atoms with van der Waals surface area (Å²) in [5.41, 5.74) is 2.30. The highest BCUT2D eigenvalue weighted by molar-refractivity contribution is 5.10. The summed E-state index contributed by atoms with van der Waals surface area (Å²) in [4.78, 5) is 7.29. The lowest BCUT2D eigenvalue weighted by Crippen LogP contribution is -2.59. The van der Waals surface area contributed by atoms with Gasteiger partial charge in [-0.1, -0.05) is 33.8 Å². The molecule has 0 aromatic carbocycles. The van der Waals surface area contributed by atoms with Gasteiger partial charge in [0.05, 0.1) is 5.69 Å². The minimum atomic E-state index is 0.592. The van der Waals surface area contributed by atoms with Gasteiger partial charge in [0.15, 0.2) is 0 Å². The molecule has 20 heavy (non-hydrogen) atoms. The van der Waals surface area contributed by atoms with Gasteiger partial charge in [-0.3, -0.25) is 9.88 Å². The molecule has 0 spiro atoms. The van der Waals surface area contributed by atoms with Gasteiger partial charge in [-0.25, -0.2) is 0 Å². The van der Waals surface area contributed by atoms with E-state index in [-0.39, 0.29) is 0 Å². The van der Waals surface area contributed by atoms with E-state index in [0.717, 1.165) is 25.3 Å². The third kappa shape index (κ3) is 3.80. The largest absolute Gasteiger partial charge is 0.311 e. The van der Waals surface area contributed by atoms with Gasteiger partial charge in [0.25, 0.3) is 0 Å². The van der Waals surface area contributed by atoms with Crippen molar-refractivity contribution < 1.29 is 0 Å². The summed E-state index contributed by atoms with van der Waals surface area (Å²) in [6.07, 6.45) is 0. The van der Waals surface area contributed by atoms with Crippen molar-refractivity contribution in [1.82, 2.24) is 15.2 Å². The van der Waals surface area contributed by atoms with Crippen molar-refractivity contribution in [3.63, 3.8) is 0 Å². The standard InChI is InChI=1S/C17H29N3/c1-12(2)16-11-20(17(9-18-16)13(3)4)10-15-8-6-7-14(5)19-15/h6-8,12-13,16-18H,9-11H2,1-5H3. The monoisotopic (exact) mass is 275 g/mol. The van der Waals surface area contributed by atoms with Crippen molar-refractivity contribution in [2.45, 2.75) is 53.2 Å². The Balaban J connectivity index is 2.11. The van der Waals surface area contributed by atoms with Crippen LogP contribution >= 0.6 is 0 Å². The fraction of sp³-hybridized carbons (Fsp3) is 0.706. The van der Waals surface area contributed by atoms with Gasteiger partial charge >= 0.3 is 0 Å². The minimum Gasteiger partial charge on any atom is -0.311 e. The molecule has 0 aliphatic carbocycles. The predicted molar refractivity (Wildman–Crippen MR) is 84.6 cm³/mol. The molecule has 2 heterocycles. The Kier molecular flexibility index (Phi) is 5.17. The van der Waals surface area contributed by atoms with E-state index in [1.165, 1.54) is 5.69 Å². The summed E-state index contributed by atoms with van der Waals surface area (Å²) in [7, 11) is 0. The van der Waals surface area contributed by atoms with Gasteiger partial charge in [0.1, 0.15) is 0 Å². The van der Waals surface area contributed by atoms with Crippen LogP contribution in [0.3, 0.4) is 0 Å². The molecule has 112 valence electrons. The maximum absolute atomic E-state index is 4.67. The van der Waals surface area contributed by atoms with E-state index < -0.39 is 0 Å². The molecule has 2 atom stereocenters. The molecule has 0 radical (unpaired) electrons. The van der Waals surface area contributed by atoms with E-state index in [1.807, 2.05) is 0 Å². The fourth-order valence-corrected chi connectivity index (χ4v) is 3.04. The molecule has 1 saturated heterocycles. The topological polar surface area (TPSA) is 28.2 Å². The van der Waals surface area contributed by atoms with Crippen LogP contribution in [0.5, 0.6) is 0 Å². The Bertz CT molecular complexity index is 428. The minimum absolute atomic E-state index is 0.592. The summed E-state index contributed by atoms with van der Waals surface area (Å²) < 4.78 is 0. The molecule has 0 amide bonds. The molecule has 0 saturated carbocycles. The van der Waals surface area contributed by atoms with Crippen LogP contribution in [0.2, 0.25) is 0 Å². The molecule has 1 aromatic heterocycles. The molecule has 2 unspecified atom stereocenters. The van der Waals surface area contributed by atoms with Crippen molar-refractivity contribution in [1.29, 1.82) is 0 Å². The molecule has 1 aromatic rings. The highest BCUT2D eigenvalue weighted by atomic mass is 15.2. The zero-order valence-corrected chi connectivity index (χ0v) is 13.6. The molecular weight excluding hydrogens is 246 g/mol. The quantitative estimate of drug-likeness (QED) is 0.916. The van der Waals surface area contributed by atoms with E-state index in [0.29, 0.717) is 23.9 Å².